The zero-order chi connectivity index (χ0) is 13.7. The number of hydrogen-bond donors (Lipinski definition) is 1. The molecule has 1 atom stereocenters. The molecule has 0 spiro atoms. The van der Waals surface area contributed by atoms with E-state index in [-0.39, 0.29) is 0 Å². The lowest BCUT2D eigenvalue weighted by molar-refractivity contribution is 0.133. The van der Waals surface area contributed by atoms with Gasteiger partial charge in [-0.2, -0.15) is 0 Å². The Balaban J connectivity index is 3.24. The van der Waals surface area contributed by atoms with Crippen LogP contribution < -0.4 is 9.80 Å². The molecule has 0 fully saturated rings. The van der Waals surface area contributed by atoms with Gasteiger partial charge in [0.1, 0.15) is 6.23 Å². The van der Waals surface area contributed by atoms with E-state index in [4.69, 9.17) is 4.74 Å². The third kappa shape index (κ3) is 2.92. The molecule has 0 aliphatic rings. The minimum atomic E-state index is -0.904. The van der Waals surface area contributed by atoms with Crippen LogP contribution in [0.1, 0.15) is 13.3 Å². The smallest absolute Gasteiger partial charge is 0.416 e. The van der Waals surface area contributed by atoms with Gasteiger partial charge in [-0.3, -0.25) is 0 Å². The molecule has 0 aromatic heterocycles. The average Bonchev–Trinajstić information content (AvgIpc) is 2.38. The lowest BCUT2D eigenvalue weighted by Crippen LogP contribution is -2.40. The zero-order valence-corrected chi connectivity index (χ0v) is 11.3. The molecule has 0 heterocycles. The normalized spacial score (nSPS) is 11.8. The van der Waals surface area contributed by atoms with Crippen LogP contribution in [-0.2, 0) is 4.74 Å². The standard InChI is InChI=1S/C13H20N2O3/c1-5-12(16)15(13(17)18-4)11-9-7-6-8-10(11)14(2)3/h6-9,12,16H,5H2,1-4H3. The van der Waals surface area contributed by atoms with Crippen molar-refractivity contribution < 1.29 is 14.6 Å². The number of carbonyl (C=O) groups is 1. The predicted molar refractivity (Wildman–Crippen MR) is 72.0 cm³/mol. The molecule has 18 heavy (non-hydrogen) atoms. The van der Waals surface area contributed by atoms with Crippen molar-refractivity contribution in [2.45, 2.75) is 19.6 Å². The van der Waals surface area contributed by atoms with Gasteiger partial charge in [0.2, 0.25) is 0 Å². The number of ether oxygens (including phenoxy) is 1. The zero-order valence-electron chi connectivity index (χ0n) is 11.3. The number of para-hydroxylation sites is 2. The monoisotopic (exact) mass is 252 g/mol. The van der Waals surface area contributed by atoms with Gasteiger partial charge >= 0.3 is 6.09 Å². The van der Waals surface area contributed by atoms with E-state index < -0.39 is 12.3 Å². The molecular formula is C13H20N2O3. The molecule has 1 aromatic rings. The maximum atomic E-state index is 11.8. The Bertz CT molecular complexity index is 407. The van der Waals surface area contributed by atoms with E-state index >= 15 is 0 Å². The van der Waals surface area contributed by atoms with Crippen molar-refractivity contribution in [2.75, 3.05) is 31.0 Å². The number of amides is 1. The molecule has 0 aliphatic carbocycles. The second kappa shape index (κ2) is 6.26. The average molecular weight is 252 g/mol. The second-order valence-electron chi connectivity index (χ2n) is 4.11. The van der Waals surface area contributed by atoms with E-state index in [1.807, 2.05) is 37.2 Å². The maximum Gasteiger partial charge on any atom is 0.416 e. The summed E-state index contributed by atoms with van der Waals surface area (Å²) in [6, 6.07) is 7.37. The molecular weight excluding hydrogens is 232 g/mol. The lowest BCUT2D eigenvalue weighted by atomic mass is 10.2. The Hall–Kier alpha value is -1.75. The van der Waals surface area contributed by atoms with Crippen molar-refractivity contribution >= 4 is 17.5 Å². The molecule has 1 rings (SSSR count). The number of nitrogens with zero attached hydrogens (tertiary/aromatic N) is 2. The largest absolute Gasteiger partial charge is 0.452 e. The van der Waals surface area contributed by atoms with Gasteiger partial charge in [0, 0.05) is 14.1 Å². The molecule has 5 heteroatoms. The molecule has 5 nitrogen and oxygen atoms in total. The van der Waals surface area contributed by atoms with Crippen molar-refractivity contribution in [3.8, 4) is 0 Å². The van der Waals surface area contributed by atoms with Gasteiger partial charge in [0.05, 0.1) is 18.5 Å². The van der Waals surface area contributed by atoms with E-state index in [2.05, 4.69) is 0 Å². The van der Waals surface area contributed by atoms with Gasteiger partial charge in [0.25, 0.3) is 0 Å². The molecule has 1 unspecified atom stereocenters. The van der Waals surface area contributed by atoms with E-state index in [1.165, 1.54) is 12.0 Å². The van der Waals surface area contributed by atoms with Crippen LogP contribution in [0, 0.1) is 0 Å². The molecule has 0 aliphatic heterocycles. The number of hydrogen-bond acceptors (Lipinski definition) is 4. The summed E-state index contributed by atoms with van der Waals surface area (Å²) in [4.78, 5) is 15.0. The molecule has 1 N–H and O–H groups in total. The predicted octanol–water partition coefficient (Wildman–Crippen LogP) is 2.05. The number of rotatable bonds is 4. The van der Waals surface area contributed by atoms with E-state index in [0.29, 0.717) is 12.1 Å². The topological polar surface area (TPSA) is 53.0 Å². The van der Waals surface area contributed by atoms with Gasteiger partial charge in [-0.15, -0.1) is 0 Å². The van der Waals surface area contributed by atoms with Gasteiger partial charge in [-0.25, -0.2) is 9.69 Å². The SMILES string of the molecule is CCC(O)N(C(=O)OC)c1ccccc1N(C)C. The maximum absolute atomic E-state index is 11.8. The van der Waals surface area contributed by atoms with Crippen LogP contribution in [0.15, 0.2) is 24.3 Å². The van der Waals surface area contributed by atoms with Crippen LogP contribution in [0.3, 0.4) is 0 Å². The highest BCUT2D eigenvalue weighted by Gasteiger charge is 2.25. The summed E-state index contributed by atoms with van der Waals surface area (Å²) in [6.45, 7) is 1.80. The number of carbonyl (C=O) groups excluding carboxylic acids is 1. The number of benzene rings is 1. The Kier molecular flexibility index (Phi) is 4.97. The first kappa shape index (κ1) is 14.3. The lowest BCUT2D eigenvalue weighted by Gasteiger charge is -2.29. The molecule has 100 valence electrons. The van der Waals surface area contributed by atoms with Crippen LogP contribution in [-0.4, -0.2) is 38.6 Å². The van der Waals surface area contributed by atoms with Gasteiger partial charge in [-0.05, 0) is 18.6 Å². The fraction of sp³-hybridized carbons (Fsp3) is 0.462. The third-order valence-corrected chi connectivity index (χ3v) is 2.66. The van der Waals surface area contributed by atoms with Gasteiger partial charge in [0.15, 0.2) is 0 Å². The second-order valence-corrected chi connectivity index (χ2v) is 4.11. The Morgan fingerprint density at radius 1 is 1.33 bits per heavy atom. The van der Waals surface area contributed by atoms with E-state index in [9.17, 15) is 9.90 Å². The van der Waals surface area contributed by atoms with Gasteiger partial charge in [-0.1, -0.05) is 19.1 Å². The Labute approximate surface area is 108 Å². The molecule has 0 bridgehead atoms. The van der Waals surface area contributed by atoms with Crippen LogP contribution in [0.2, 0.25) is 0 Å². The molecule has 0 radical (unpaired) electrons. The summed E-state index contributed by atoms with van der Waals surface area (Å²) < 4.78 is 4.73. The first-order valence-electron chi connectivity index (χ1n) is 5.84. The Morgan fingerprint density at radius 3 is 2.33 bits per heavy atom. The molecule has 0 saturated carbocycles. The summed E-state index contributed by atoms with van der Waals surface area (Å²) in [5.74, 6) is 0. The summed E-state index contributed by atoms with van der Waals surface area (Å²) in [6.07, 6.45) is -1.05. The fourth-order valence-electron chi connectivity index (χ4n) is 1.71. The van der Waals surface area contributed by atoms with Crippen LogP contribution in [0.5, 0.6) is 0 Å². The van der Waals surface area contributed by atoms with Crippen LogP contribution in [0.25, 0.3) is 0 Å². The first-order chi connectivity index (χ1) is 8.52. The molecule has 0 saturated heterocycles. The summed E-state index contributed by atoms with van der Waals surface area (Å²) in [5.41, 5.74) is 1.47. The minimum absolute atomic E-state index is 0.427. The first-order valence-corrected chi connectivity index (χ1v) is 5.84. The van der Waals surface area contributed by atoms with Crippen molar-refractivity contribution in [1.29, 1.82) is 0 Å². The molecule has 1 amide bonds. The summed E-state index contributed by atoms with van der Waals surface area (Å²) in [5, 5.41) is 9.99. The summed E-state index contributed by atoms with van der Waals surface area (Å²) in [7, 11) is 5.06. The van der Waals surface area contributed by atoms with Crippen LogP contribution in [0.4, 0.5) is 16.2 Å². The van der Waals surface area contributed by atoms with Crippen molar-refractivity contribution in [2.24, 2.45) is 0 Å². The van der Waals surface area contributed by atoms with Crippen molar-refractivity contribution in [1.82, 2.24) is 0 Å². The highest BCUT2D eigenvalue weighted by atomic mass is 16.5. The highest BCUT2D eigenvalue weighted by molar-refractivity contribution is 5.92. The van der Waals surface area contributed by atoms with Gasteiger partial charge < -0.3 is 14.7 Å². The quantitative estimate of drug-likeness (QED) is 0.833. The van der Waals surface area contributed by atoms with Crippen molar-refractivity contribution in [3.05, 3.63) is 24.3 Å². The number of methoxy groups -OCH3 is 1. The van der Waals surface area contributed by atoms with E-state index in [0.717, 1.165) is 5.69 Å². The minimum Gasteiger partial charge on any atom is -0.452 e. The van der Waals surface area contributed by atoms with Crippen molar-refractivity contribution in [3.63, 3.8) is 0 Å². The number of aliphatic hydroxyl groups excluding tert-OH is 1. The molecule has 1 aromatic carbocycles. The Morgan fingerprint density at radius 2 is 1.89 bits per heavy atom. The highest BCUT2D eigenvalue weighted by Crippen LogP contribution is 2.29. The number of aliphatic hydroxyl groups is 1. The van der Waals surface area contributed by atoms with Crippen LogP contribution >= 0.6 is 0 Å². The summed E-state index contributed by atoms with van der Waals surface area (Å²) >= 11 is 0. The number of anilines is 2. The fourth-order valence-corrected chi connectivity index (χ4v) is 1.71. The van der Waals surface area contributed by atoms with E-state index in [1.54, 1.807) is 13.0 Å². The third-order valence-electron chi connectivity index (χ3n) is 2.66.